The molecule has 1 fully saturated rings. The molecule has 8 heteroatoms. The third-order valence-corrected chi connectivity index (χ3v) is 6.15. The van der Waals surface area contributed by atoms with Gasteiger partial charge in [-0.1, -0.05) is 20.8 Å². The van der Waals surface area contributed by atoms with Crippen molar-refractivity contribution in [3.05, 3.63) is 33.9 Å². The second kappa shape index (κ2) is 11.2. The summed E-state index contributed by atoms with van der Waals surface area (Å²) in [5.74, 6) is 1.12. The number of nitro groups is 1. The number of nitrogens with zero attached hydrogens (tertiary/aromatic N) is 2. The zero-order chi connectivity index (χ0) is 21.4. The fourth-order valence-electron chi connectivity index (χ4n) is 3.24. The van der Waals surface area contributed by atoms with Gasteiger partial charge < -0.3 is 10.2 Å². The Hall–Kier alpha value is -2.09. The number of thioether (sulfide) groups is 1. The van der Waals surface area contributed by atoms with Crippen LogP contribution in [-0.2, 0) is 4.79 Å². The van der Waals surface area contributed by atoms with E-state index in [9.17, 15) is 19.7 Å². The molecule has 0 atom stereocenters. The zero-order valence-electron chi connectivity index (χ0n) is 17.5. The first-order chi connectivity index (χ1) is 13.8. The van der Waals surface area contributed by atoms with Crippen LogP contribution in [-0.4, -0.2) is 47.0 Å². The van der Waals surface area contributed by atoms with Gasteiger partial charge in [0.1, 0.15) is 0 Å². The Labute approximate surface area is 176 Å². The molecule has 1 heterocycles. The maximum absolute atomic E-state index is 12.8. The highest BCUT2D eigenvalue weighted by Gasteiger charge is 2.28. The first-order valence-corrected chi connectivity index (χ1v) is 11.3. The van der Waals surface area contributed by atoms with Crippen LogP contribution in [0.5, 0.6) is 0 Å². The molecule has 160 valence electrons. The average Bonchev–Trinajstić information content (AvgIpc) is 2.71. The van der Waals surface area contributed by atoms with Crippen molar-refractivity contribution < 1.29 is 14.5 Å². The number of hydrogen-bond donors (Lipinski definition) is 1. The molecule has 0 spiro atoms. The standard InChI is InChI=1S/C21H31N3O4S/c1-4-10-22-20(25)16-7-11-23(12-8-16)21(26)17-5-6-19(18(14-17)24(27)28)29-13-9-15(2)3/h5-6,14-16H,4,7-13H2,1-3H3,(H,22,25). The minimum absolute atomic E-state index is 0.0153. The number of benzene rings is 1. The molecule has 29 heavy (non-hydrogen) atoms. The van der Waals surface area contributed by atoms with E-state index in [2.05, 4.69) is 19.2 Å². The Balaban J connectivity index is 2.01. The lowest BCUT2D eigenvalue weighted by Gasteiger charge is -2.31. The quantitative estimate of drug-likeness (QED) is 0.368. The minimum atomic E-state index is -0.418. The van der Waals surface area contributed by atoms with Gasteiger partial charge >= 0.3 is 0 Å². The van der Waals surface area contributed by atoms with E-state index in [0.717, 1.165) is 18.6 Å². The Bertz CT molecular complexity index is 731. The summed E-state index contributed by atoms with van der Waals surface area (Å²) in [6.45, 7) is 7.89. The molecule has 0 unspecified atom stereocenters. The van der Waals surface area contributed by atoms with Crippen LogP contribution >= 0.6 is 11.8 Å². The topological polar surface area (TPSA) is 92.6 Å². The number of rotatable bonds is 9. The molecule has 1 saturated heterocycles. The molecule has 1 aromatic carbocycles. The van der Waals surface area contributed by atoms with Crippen molar-refractivity contribution in [1.29, 1.82) is 0 Å². The average molecular weight is 422 g/mol. The van der Waals surface area contributed by atoms with Crippen molar-refractivity contribution in [3.8, 4) is 0 Å². The summed E-state index contributed by atoms with van der Waals surface area (Å²) >= 11 is 1.46. The summed E-state index contributed by atoms with van der Waals surface area (Å²) in [6, 6.07) is 4.74. The lowest BCUT2D eigenvalue weighted by atomic mass is 9.95. The third-order valence-electron chi connectivity index (χ3n) is 5.06. The molecule has 1 N–H and O–H groups in total. The van der Waals surface area contributed by atoms with E-state index < -0.39 is 4.92 Å². The molecule has 1 aromatic rings. The van der Waals surface area contributed by atoms with Gasteiger partial charge in [-0.25, -0.2) is 0 Å². The van der Waals surface area contributed by atoms with Crippen LogP contribution in [0.1, 0.15) is 56.8 Å². The molecule has 0 bridgehead atoms. The van der Waals surface area contributed by atoms with E-state index in [-0.39, 0.29) is 23.4 Å². The van der Waals surface area contributed by atoms with Crippen molar-refractivity contribution in [2.75, 3.05) is 25.4 Å². The van der Waals surface area contributed by atoms with Crippen LogP contribution in [0.25, 0.3) is 0 Å². The Morgan fingerprint density at radius 2 is 2.00 bits per heavy atom. The number of hydrogen-bond acceptors (Lipinski definition) is 5. The van der Waals surface area contributed by atoms with Gasteiger partial charge in [-0.05, 0) is 49.5 Å². The maximum atomic E-state index is 12.8. The van der Waals surface area contributed by atoms with E-state index >= 15 is 0 Å². The fraction of sp³-hybridized carbons (Fsp3) is 0.619. The SMILES string of the molecule is CCCNC(=O)C1CCN(C(=O)c2ccc(SCCC(C)C)c([N+](=O)[O-])c2)CC1. The van der Waals surface area contributed by atoms with Gasteiger partial charge in [-0.15, -0.1) is 11.8 Å². The number of nitro benzene ring substituents is 1. The molecule has 1 aliphatic heterocycles. The van der Waals surface area contributed by atoms with Crippen LogP contribution in [0.3, 0.4) is 0 Å². The molecule has 2 rings (SSSR count). The van der Waals surface area contributed by atoms with Crippen LogP contribution in [0.4, 0.5) is 5.69 Å². The molecule has 0 aromatic heterocycles. The highest BCUT2D eigenvalue weighted by atomic mass is 32.2. The van der Waals surface area contributed by atoms with Gasteiger partial charge in [0, 0.05) is 37.2 Å². The van der Waals surface area contributed by atoms with E-state index in [0.29, 0.717) is 48.9 Å². The van der Waals surface area contributed by atoms with Crippen LogP contribution in [0, 0.1) is 22.0 Å². The Morgan fingerprint density at radius 3 is 2.59 bits per heavy atom. The smallest absolute Gasteiger partial charge is 0.283 e. The van der Waals surface area contributed by atoms with Crippen molar-refractivity contribution >= 4 is 29.3 Å². The highest BCUT2D eigenvalue weighted by Crippen LogP contribution is 2.32. The van der Waals surface area contributed by atoms with Crippen LogP contribution in [0.2, 0.25) is 0 Å². The van der Waals surface area contributed by atoms with E-state index in [4.69, 9.17) is 0 Å². The number of carbonyl (C=O) groups is 2. The van der Waals surface area contributed by atoms with Gasteiger partial charge in [-0.3, -0.25) is 19.7 Å². The maximum Gasteiger partial charge on any atom is 0.283 e. The largest absolute Gasteiger partial charge is 0.356 e. The molecule has 0 aliphatic carbocycles. The van der Waals surface area contributed by atoms with Gasteiger partial charge in [-0.2, -0.15) is 0 Å². The summed E-state index contributed by atoms with van der Waals surface area (Å²) in [5, 5.41) is 14.4. The van der Waals surface area contributed by atoms with Crippen LogP contribution < -0.4 is 5.32 Å². The number of likely N-dealkylation sites (tertiary alicyclic amines) is 1. The summed E-state index contributed by atoms with van der Waals surface area (Å²) in [4.78, 5) is 38.3. The number of nitrogens with one attached hydrogen (secondary N) is 1. The molecule has 7 nitrogen and oxygen atoms in total. The van der Waals surface area contributed by atoms with E-state index in [1.54, 1.807) is 17.0 Å². The minimum Gasteiger partial charge on any atom is -0.356 e. The van der Waals surface area contributed by atoms with Gasteiger partial charge in [0.2, 0.25) is 5.91 Å². The molecule has 0 saturated carbocycles. The van der Waals surface area contributed by atoms with Gasteiger partial charge in [0.25, 0.3) is 11.6 Å². The van der Waals surface area contributed by atoms with Gasteiger partial charge in [0.05, 0.1) is 9.82 Å². The van der Waals surface area contributed by atoms with E-state index in [1.165, 1.54) is 17.8 Å². The van der Waals surface area contributed by atoms with Crippen LogP contribution in [0.15, 0.2) is 23.1 Å². The molecule has 1 aliphatic rings. The van der Waals surface area contributed by atoms with Crippen molar-refractivity contribution in [3.63, 3.8) is 0 Å². The summed E-state index contributed by atoms with van der Waals surface area (Å²) in [6.07, 6.45) is 3.11. The predicted octanol–water partition coefficient (Wildman–Crippen LogP) is 4.11. The van der Waals surface area contributed by atoms with Gasteiger partial charge in [0.15, 0.2) is 0 Å². The Kier molecular flexibility index (Phi) is 8.95. The zero-order valence-corrected chi connectivity index (χ0v) is 18.3. The summed E-state index contributed by atoms with van der Waals surface area (Å²) in [5.41, 5.74) is 0.317. The molecule has 2 amide bonds. The number of carbonyl (C=O) groups excluding carboxylic acids is 2. The molecule has 0 radical (unpaired) electrons. The highest BCUT2D eigenvalue weighted by molar-refractivity contribution is 7.99. The third kappa shape index (κ3) is 6.73. The normalized spacial score (nSPS) is 14.8. The second-order valence-corrected chi connectivity index (χ2v) is 8.96. The first-order valence-electron chi connectivity index (χ1n) is 10.3. The molecular formula is C21H31N3O4S. The predicted molar refractivity (Wildman–Crippen MR) is 115 cm³/mol. The lowest BCUT2D eigenvalue weighted by Crippen LogP contribution is -2.43. The second-order valence-electron chi connectivity index (χ2n) is 7.83. The van der Waals surface area contributed by atoms with E-state index in [1.807, 2.05) is 6.92 Å². The van der Waals surface area contributed by atoms with Crippen molar-refractivity contribution in [2.24, 2.45) is 11.8 Å². The number of piperidine rings is 1. The molecular weight excluding hydrogens is 390 g/mol. The summed E-state index contributed by atoms with van der Waals surface area (Å²) in [7, 11) is 0. The van der Waals surface area contributed by atoms with Crippen molar-refractivity contribution in [2.45, 2.75) is 51.3 Å². The fourth-order valence-corrected chi connectivity index (χ4v) is 4.49. The lowest BCUT2D eigenvalue weighted by molar-refractivity contribution is -0.387. The summed E-state index contributed by atoms with van der Waals surface area (Å²) < 4.78 is 0. The number of amides is 2. The van der Waals surface area contributed by atoms with Crippen molar-refractivity contribution in [1.82, 2.24) is 10.2 Å². The Morgan fingerprint density at radius 1 is 1.31 bits per heavy atom. The monoisotopic (exact) mass is 421 g/mol. The first kappa shape index (κ1) is 23.2.